The third-order valence-electron chi connectivity index (χ3n) is 4.77. The normalized spacial score (nSPS) is 14.8. The van der Waals surface area contributed by atoms with E-state index in [0.29, 0.717) is 22.1 Å². The SMILES string of the molecule is C[C@H](c1ccccc1)n1c(SCC(=O)NC2CC2)nc2ccc(Br)cc2c1=O. The molecule has 2 aromatic carbocycles. The Morgan fingerprint density at radius 1 is 1.29 bits per heavy atom. The maximum Gasteiger partial charge on any atom is 0.262 e. The number of rotatable bonds is 6. The molecule has 1 heterocycles. The molecule has 3 aromatic rings. The van der Waals surface area contributed by atoms with Gasteiger partial charge in [-0.3, -0.25) is 14.2 Å². The summed E-state index contributed by atoms with van der Waals surface area (Å²) in [7, 11) is 0. The van der Waals surface area contributed by atoms with Crippen molar-refractivity contribution in [2.24, 2.45) is 0 Å². The van der Waals surface area contributed by atoms with Crippen LogP contribution < -0.4 is 10.9 Å². The van der Waals surface area contributed by atoms with E-state index in [4.69, 9.17) is 4.98 Å². The predicted octanol–water partition coefficient (Wildman–Crippen LogP) is 4.14. The van der Waals surface area contributed by atoms with Gasteiger partial charge in [0, 0.05) is 10.5 Å². The summed E-state index contributed by atoms with van der Waals surface area (Å²) in [6.45, 7) is 1.98. The van der Waals surface area contributed by atoms with E-state index in [1.54, 1.807) is 10.6 Å². The van der Waals surface area contributed by atoms with Crippen LogP contribution in [0, 0.1) is 0 Å². The topological polar surface area (TPSA) is 64.0 Å². The van der Waals surface area contributed by atoms with E-state index in [2.05, 4.69) is 21.2 Å². The molecule has 5 nitrogen and oxygen atoms in total. The van der Waals surface area contributed by atoms with E-state index in [1.807, 2.05) is 49.4 Å². The molecular formula is C21H20BrN3O2S. The van der Waals surface area contributed by atoms with Crippen LogP contribution in [0.4, 0.5) is 0 Å². The first kappa shape index (κ1) is 19.2. The van der Waals surface area contributed by atoms with Crippen molar-refractivity contribution < 1.29 is 4.79 Å². The number of nitrogens with zero attached hydrogens (tertiary/aromatic N) is 2. The van der Waals surface area contributed by atoms with Crippen LogP contribution in [-0.4, -0.2) is 27.3 Å². The van der Waals surface area contributed by atoms with Crippen LogP contribution in [0.3, 0.4) is 0 Å². The van der Waals surface area contributed by atoms with Gasteiger partial charge in [-0.1, -0.05) is 58.0 Å². The molecule has 7 heteroatoms. The maximum absolute atomic E-state index is 13.3. The zero-order valence-corrected chi connectivity index (χ0v) is 17.8. The van der Waals surface area contributed by atoms with E-state index in [1.165, 1.54) is 11.8 Å². The molecule has 1 fully saturated rings. The van der Waals surface area contributed by atoms with Gasteiger partial charge in [0.25, 0.3) is 5.56 Å². The van der Waals surface area contributed by atoms with Crippen molar-refractivity contribution >= 4 is 44.5 Å². The zero-order valence-electron chi connectivity index (χ0n) is 15.4. The number of benzene rings is 2. The molecule has 0 saturated heterocycles. The standard InChI is InChI=1S/C21H20BrN3O2S/c1-13(14-5-3-2-4-6-14)25-20(27)17-11-15(22)7-10-18(17)24-21(25)28-12-19(26)23-16-8-9-16/h2-7,10-11,13,16H,8-9,12H2,1H3,(H,23,26)/t13-/m1/s1. The fourth-order valence-electron chi connectivity index (χ4n) is 3.10. The second-order valence-electron chi connectivity index (χ2n) is 6.95. The molecule has 28 heavy (non-hydrogen) atoms. The van der Waals surface area contributed by atoms with Crippen LogP contribution in [0.2, 0.25) is 0 Å². The van der Waals surface area contributed by atoms with E-state index < -0.39 is 0 Å². The fourth-order valence-corrected chi connectivity index (χ4v) is 4.35. The molecular weight excluding hydrogens is 438 g/mol. The number of nitrogens with one attached hydrogen (secondary N) is 1. The summed E-state index contributed by atoms with van der Waals surface area (Å²) in [5.74, 6) is 0.225. The monoisotopic (exact) mass is 457 g/mol. The van der Waals surface area contributed by atoms with Crippen molar-refractivity contribution in [3.05, 3.63) is 68.9 Å². The van der Waals surface area contributed by atoms with Gasteiger partial charge in [0.1, 0.15) is 0 Å². The summed E-state index contributed by atoms with van der Waals surface area (Å²) >= 11 is 4.75. The lowest BCUT2D eigenvalue weighted by Gasteiger charge is -2.20. The van der Waals surface area contributed by atoms with Gasteiger partial charge in [0.05, 0.1) is 22.7 Å². The lowest BCUT2D eigenvalue weighted by Crippen LogP contribution is -2.29. The molecule has 1 atom stereocenters. The number of aromatic nitrogens is 2. The first-order valence-corrected chi connectivity index (χ1v) is 11.0. The molecule has 1 amide bonds. The molecule has 144 valence electrons. The fraction of sp³-hybridized carbons (Fsp3) is 0.286. The van der Waals surface area contributed by atoms with Gasteiger partial charge in [-0.05, 0) is 43.5 Å². The van der Waals surface area contributed by atoms with E-state index in [9.17, 15) is 9.59 Å². The van der Waals surface area contributed by atoms with Crippen LogP contribution >= 0.6 is 27.7 Å². The molecule has 0 spiro atoms. The Kier molecular flexibility index (Phi) is 5.55. The minimum Gasteiger partial charge on any atom is -0.353 e. The highest BCUT2D eigenvalue weighted by atomic mass is 79.9. The van der Waals surface area contributed by atoms with Gasteiger partial charge >= 0.3 is 0 Å². The molecule has 1 aliphatic carbocycles. The Morgan fingerprint density at radius 2 is 2.04 bits per heavy atom. The highest BCUT2D eigenvalue weighted by Gasteiger charge is 2.24. The minimum absolute atomic E-state index is 0.0171. The molecule has 4 rings (SSSR count). The Bertz CT molecular complexity index is 1080. The Labute approximate surface area is 175 Å². The average Bonchev–Trinajstić information content (AvgIpc) is 3.51. The van der Waals surface area contributed by atoms with E-state index in [0.717, 1.165) is 22.9 Å². The highest BCUT2D eigenvalue weighted by molar-refractivity contribution is 9.10. The van der Waals surface area contributed by atoms with Gasteiger partial charge in [0.2, 0.25) is 5.91 Å². The summed E-state index contributed by atoms with van der Waals surface area (Å²) in [6.07, 6.45) is 2.10. The first-order chi connectivity index (χ1) is 13.5. The quantitative estimate of drug-likeness (QED) is 0.446. The van der Waals surface area contributed by atoms with Gasteiger partial charge < -0.3 is 5.32 Å². The summed E-state index contributed by atoms with van der Waals surface area (Å²) in [4.78, 5) is 30.2. The van der Waals surface area contributed by atoms with E-state index >= 15 is 0 Å². The van der Waals surface area contributed by atoms with Gasteiger partial charge in [-0.15, -0.1) is 0 Å². The lowest BCUT2D eigenvalue weighted by molar-refractivity contribution is -0.118. The second kappa shape index (κ2) is 8.09. The van der Waals surface area contributed by atoms with Gasteiger partial charge in [-0.25, -0.2) is 4.98 Å². The number of halogens is 1. The van der Waals surface area contributed by atoms with Gasteiger partial charge in [-0.2, -0.15) is 0 Å². The summed E-state index contributed by atoms with van der Waals surface area (Å²) in [5.41, 5.74) is 1.55. The number of hydrogen-bond donors (Lipinski definition) is 1. The highest BCUT2D eigenvalue weighted by Crippen LogP contribution is 2.26. The number of hydrogen-bond acceptors (Lipinski definition) is 4. The second-order valence-corrected chi connectivity index (χ2v) is 8.81. The molecule has 0 aliphatic heterocycles. The number of fused-ring (bicyclic) bond motifs is 1. The van der Waals surface area contributed by atoms with Gasteiger partial charge in [0.15, 0.2) is 5.16 Å². The van der Waals surface area contributed by atoms with Crippen molar-refractivity contribution in [1.82, 2.24) is 14.9 Å². The van der Waals surface area contributed by atoms with Crippen LogP contribution in [-0.2, 0) is 4.79 Å². The van der Waals surface area contributed by atoms with Crippen molar-refractivity contribution in [3.8, 4) is 0 Å². The van der Waals surface area contributed by atoms with Crippen LogP contribution in [0.1, 0.15) is 31.4 Å². The zero-order chi connectivity index (χ0) is 19.7. The van der Waals surface area contributed by atoms with Crippen LogP contribution in [0.25, 0.3) is 10.9 Å². The molecule has 1 N–H and O–H groups in total. The van der Waals surface area contributed by atoms with E-state index in [-0.39, 0.29) is 23.3 Å². The average molecular weight is 458 g/mol. The van der Waals surface area contributed by atoms with Crippen molar-refractivity contribution in [2.75, 3.05) is 5.75 Å². The largest absolute Gasteiger partial charge is 0.353 e. The molecule has 0 radical (unpaired) electrons. The number of thioether (sulfide) groups is 1. The number of carbonyl (C=O) groups excluding carboxylic acids is 1. The third kappa shape index (κ3) is 4.15. The predicted molar refractivity (Wildman–Crippen MR) is 116 cm³/mol. The Hall–Kier alpha value is -2.12. The Morgan fingerprint density at radius 3 is 2.75 bits per heavy atom. The van der Waals surface area contributed by atoms with Crippen LogP contribution in [0.15, 0.2) is 63.0 Å². The summed E-state index contributed by atoms with van der Waals surface area (Å²) in [6, 6.07) is 15.5. The lowest BCUT2D eigenvalue weighted by atomic mass is 10.1. The first-order valence-electron chi connectivity index (χ1n) is 9.22. The summed E-state index contributed by atoms with van der Waals surface area (Å²) in [5, 5.41) is 4.10. The molecule has 1 aliphatic rings. The maximum atomic E-state index is 13.3. The van der Waals surface area contributed by atoms with Crippen LogP contribution in [0.5, 0.6) is 0 Å². The minimum atomic E-state index is -0.196. The van der Waals surface area contributed by atoms with Crippen molar-refractivity contribution in [2.45, 2.75) is 37.0 Å². The molecule has 1 aromatic heterocycles. The molecule has 1 saturated carbocycles. The molecule has 0 bridgehead atoms. The smallest absolute Gasteiger partial charge is 0.262 e. The summed E-state index contributed by atoms with van der Waals surface area (Å²) < 4.78 is 2.53. The number of amides is 1. The Balaban J connectivity index is 1.75. The third-order valence-corrected chi connectivity index (χ3v) is 6.22. The van der Waals surface area contributed by atoms with Crippen molar-refractivity contribution in [1.29, 1.82) is 0 Å². The number of carbonyl (C=O) groups is 1. The van der Waals surface area contributed by atoms with Crippen molar-refractivity contribution in [3.63, 3.8) is 0 Å². The molecule has 0 unspecified atom stereocenters.